The minimum Gasteiger partial charge on any atom is -0.341 e. The molecule has 0 aromatic heterocycles. The molecule has 1 aromatic carbocycles. The zero-order valence-electron chi connectivity index (χ0n) is 15.2. The van der Waals surface area contributed by atoms with Crippen molar-refractivity contribution in [3.63, 3.8) is 0 Å². The molecule has 2 aliphatic heterocycles. The summed E-state index contributed by atoms with van der Waals surface area (Å²) in [7, 11) is 0. The van der Waals surface area contributed by atoms with Crippen molar-refractivity contribution < 1.29 is 14.8 Å². The van der Waals surface area contributed by atoms with Gasteiger partial charge in [0.1, 0.15) is 0 Å². The zero-order valence-corrected chi connectivity index (χ0v) is 15.2. The molecule has 0 bridgehead atoms. The van der Waals surface area contributed by atoms with Gasteiger partial charge in [0.05, 0.1) is 12.0 Å². The summed E-state index contributed by atoms with van der Waals surface area (Å²) in [4.78, 5) is 27.2. The number of nitrogens with zero attached hydrogens (tertiary/aromatic N) is 1. The van der Waals surface area contributed by atoms with E-state index in [1.54, 1.807) is 5.48 Å². The van der Waals surface area contributed by atoms with E-state index in [1.807, 2.05) is 17.0 Å². The van der Waals surface area contributed by atoms with Gasteiger partial charge < -0.3 is 10.2 Å². The Kier molecular flexibility index (Phi) is 4.49. The van der Waals surface area contributed by atoms with Gasteiger partial charge in [0, 0.05) is 25.6 Å². The number of hydrogen-bond acceptors (Lipinski definition) is 4. The number of hydroxylamine groups is 1. The average Bonchev–Trinajstić information content (AvgIpc) is 3.22. The van der Waals surface area contributed by atoms with Crippen LogP contribution in [0.1, 0.15) is 42.7 Å². The molecule has 26 heavy (non-hydrogen) atoms. The molecule has 1 aromatic rings. The Balaban J connectivity index is 1.47. The molecular formula is C20H27N3O3. The maximum absolute atomic E-state index is 13.1. The molecule has 4 rings (SSSR count). The molecule has 1 aliphatic carbocycles. The van der Waals surface area contributed by atoms with Gasteiger partial charge in [-0.3, -0.25) is 14.8 Å². The molecule has 1 saturated carbocycles. The standard InChI is InChI=1S/C20H27N3O3/c1-13-4-2-3-5-15(13)14-6-9-23(11-14)19(25)17-16(18(24)22-26)10-20(7-8-20)12-21-17/h2-5,14,16-17,21,26H,6-12H2,1H3,(H,22,24). The fourth-order valence-electron chi connectivity index (χ4n) is 4.73. The summed E-state index contributed by atoms with van der Waals surface area (Å²) >= 11 is 0. The number of rotatable bonds is 3. The van der Waals surface area contributed by atoms with Crippen LogP contribution in [0, 0.1) is 18.3 Å². The maximum Gasteiger partial charge on any atom is 0.248 e. The van der Waals surface area contributed by atoms with E-state index in [2.05, 4.69) is 24.4 Å². The van der Waals surface area contributed by atoms with E-state index >= 15 is 0 Å². The van der Waals surface area contributed by atoms with Gasteiger partial charge >= 0.3 is 0 Å². The van der Waals surface area contributed by atoms with E-state index < -0.39 is 17.9 Å². The summed E-state index contributed by atoms with van der Waals surface area (Å²) in [6.07, 6.45) is 3.81. The number of amides is 2. The molecule has 140 valence electrons. The van der Waals surface area contributed by atoms with Crippen LogP contribution in [0.15, 0.2) is 24.3 Å². The number of likely N-dealkylation sites (tertiary alicyclic amines) is 1. The fourth-order valence-corrected chi connectivity index (χ4v) is 4.73. The zero-order chi connectivity index (χ0) is 18.3. The molecule has 2 saturated heterocycles. The summed E-state index contributed by atoms with van der Waals surface area (Å²) in [5, 5.41) is 12.4. The van der Waals surface area contributed by atoms with Crippen LogP contribution in [0.3, 0.4) is 0 Å². The van der Waals surface area contributed by atoms with Gasteiger partial charge in [0.25, 0.3) is 0 Å². The summed E-state index contributed by atoms with van der Waals surface area (Å²) in [5.74, 6) is -0.605. The number of carbonyl (C=O) groups excluding carboxylic acids is 2. The second-order valence-corrected chi connectivity index (χ2v) is 8.27. The first-order chi connectivity index (χ1) is 12.5. The number of benzene rings is 1. The maximum atomic E-state index is 13.1. The molecule has 2 amide bonds. The highest BCUT2D eigenvalue weighted by Gasteiger charge is 2.53. The number of hydrogen-bond donors (Lipinski definition) is 3. The van der Waals surface area contributed by atoms with Crippen molar-refractivity contribution in [2.24, 2.45) is 11.3 Å². The predicted molar refractivity (Wildman–Crippen MR) is 96.6 cm³/mol. The first kappa shape index (κ1) is 17.5. The second-order valence-electron chi connectivity index (χ2n) is 8.27. The van der Waals surface area contributed by atoms with Gasteiger partial charge in [0.15, 0.2) is 0 Å². The van der Waals surface area contributed by atoms with E-state index in [4.69, 9.17) is 5.21 Å². The van der Waals surface area contributed by atoms with Crippen LogP contribution in [-0.4, -0.2) is 47.6 Å². The van der Waals surface area contributed by atoms with Gasteiger partial charge in [-0.2, -0.15) is 0 Å². The number of aryl methyl sites for hydroxylation is 1. The Morgan fingerprint density at radius 1 is 1.31 bits per heavy atom. The number of piperidine rings is 1. The Morgan fingerprint density at radius 2 is 2.08 bits per heavy atom. The number of carbonyl (C=O) groups is 2. The van der Waals surface area contributed by atoms with Crippen molar-refractivity contribution >= 4 is 11.8 Å². The topological polar surface area (TPSA) is 81.7 Å². The van der Waals surface area contributed by atoms with Gasteiger partial charge in [-0.05, 0) is 49.1 Å². The lowest BCUT2D eigenvalue weighted by Gasteiger charge is -2.37. The van der Waals surface area contributed by atoms with Crippen LogP contribution < -0.4 is 10.8 Å². The molecule has 3 unspecified atom stereocenters. The lowest BCUT2D eigenvalue weighted by molar-refractivity contribution is -0.144. The van der Waals surface area contributed by atoms with Crippen molar-refractivity contribution in [2.45, 2.75) is 44.6 Å². The third-order valence-electron chi connectivity index (χ3n) is 6.55. The van der Waals surface area contributed by atoms with Crippen LogP contribution in [0.4, 0.5) is 0 Å². The summed E-state index contributed by atoms with van der Waals surface area (Å²) in [5.41, 5.74) is 4.49. The highest BCUT2D eigenvalue weighted by atomic mass is 16.5. The molecule has 3 fully saturated rings. The Bertz CT molecular complexity index is 716. The van der Waals surface area contributed by atoms with Crippen LogP contribution in [0.5, 0.6) is 0 Å². The van der Waals surface area contributed by atoms with E-state index in [0.717, 1.165) is 25.8 Å². The third-order valence-corrected chi connectivity index (χ3v) is 6.55. The van der Waals surface area contributed by atoms with Crippen molar-refractivity contribution in [3.8, 4) is 0 Å². The lowest BCUT2D eigenvalue weighted by atomic mass is 9.81. The predicted octanol–water partition coefficient (Wildman–Crippen LogP) is 1.57. The Labute approximate surface area is 153 Å². The van der Waals surface area contributed by atoms with Gasteiger partial charge in [-0.25, -0.2) is 5.48 Å². The lowest BCUT2D eigenvalue weighted by Crippen LogP contribution is -2.58. The largest absolute Gasteiger partial charge is 0.341 e. The molecule has 3 N–H and O–H groups in total. The SMILES string of the molecule is Cc1ccccc1C1CCN(C(=O)C2NCC3(CC3)CC2C(=O)NO)C1. The van der Waals surface area contributed by atoms with Crippen LogP contribution in [0.25, 0.3) is 0 Å². The van der Waals surface area contributed by atoms with Crippen LogP contribution in [-0.2, 0) is 9.59 Å². The first-order valence-electron chi connectivity index (χ1n) is 9.55. The molecule has 6 heteroatoms. The van der Waals surface area contributed by atoms with Gasteiger partial charge in [-0.1, -0.05) is 24.3 Å². The molecule has 3 aliphatic rings. The fraction of sp³-hybridized carbons (Fsp3) is 0.600. The minimum atomic E-state index is -0.538. The average molecular weight is 357 g/mol. The summed E-state index contributed by atoms with van der Waals surface area (Å²) < 4.78 is 0. The quantitative estimate of drug-likeness (QED) is 0.567. The van der Waals surface area contributed by atoms with E-state index in [0.29, 0.717) is 25.4 Å². The van der Waals surface area contributed by atoms with Crippen molar-refractivity contribution in [1.82, 2.24) is 15.7 Å². The van der Waals surface area contributed by atoms with E-state index in [1.165, 1.54) is 11.1 Å². The highest BCUT2D eigenvalue weighted by Crippen LogP contribution is 2.52. The van der Waals surface area contributed by atoms with Crippen LogP contribution >= 0.6 is 0 Å². The molecule has 1 spiro atoms. The molecule has 0 radical (unpaired) electrons. The normalized spacial score (nSPS) is 29.6. The minimum absolute atomic E-state index is 0.00909. The van der Waals surface area contributed by atoms with Gasteiger partial charge in [0.2, 0.25) is 11.8 Å². The molecule has 6 nitrogen and oxygen atoms in total. The summed E-state index contributed by atoms with van der Waals surface area (Å²) in [6.45, 7) is 4.31. The van der Waals surface area contributed by atoms with Crippen LogP contribution in [0.2, 0.25) is 0 Å². The van der Waals surface area contributed by atoms with Crippen molar-refractivity contribution in [2.75, 3.05) is 19.6 Å². The van der Waals surface area contributed by atoms with E-state index in [9.17, 15) is 9.59 Å². The monoisotopic (exact) mass is 357 g/mol. The second kappa shape index (κ2) is 6.67. The molecule has 2 heterocycles. The smallest absolute Gasteiger partial charge is 0.248 e. The molecular weight excluding hydrogens is 330 g/mol. The van der Waals surface area contributed by atoms with Crippen molar-refractivity contribution in [3.05, 3.63) is 35.4 Å². The van der Waals surface area contributed by atoms with Crippen molar-refractivity contribution in [1.29, 1.82) is 0 Å². The van der Waals surface area contributed by atoms with Gasteiger partial charge in [-0.15, -0.1) is 0 Å². The Hall–Kier alpha value is -1.92. The van der Waals surface area contributed by atoms with E-state index in [-0.39, 0.29) is 11.3 Å². The summed E-state index contributed by atoms with van der Waals surface area (Å²) in [6, 6.07) is 7.80. The first-order valence-corrected chi connectivity index (χ1v) is 9.55. The third kappa shape index (κ3) is 3.12. The highest BCUT2D eigenvalue weighted by molar-refractivity contribution is 5.90. The number of nitrogens with one attached hydrogen (secondary N) is 2. The Morgan fingerprint density at radius 3 is 2.77 bits per heavy atom. The molecule has 3 atom stereocenters.